The second-order valence-corrected chi connectivity index (χ2v) is 29.3. The summed E-state index contributed by atoms with van der Waals surface area (Å²) in [6, 6.07) is 0. The molecule has 0 rings (SSSR count). The van der Waals surface area contributed by atoms with E-state index in [0.717, 1.165) is 108 Å². The van der Waals surface area contributed by atoms with Gasteiger partial charge in [0, 0.05) is 25.7 Å². The minimum Gasteiger partial charge on any atom is -0.462 e. The first-order valence-electron chi connectivity index (χ1n) is 37.0. The Morgan fingerprint density at radius 1 is 0.322 bits per heavy atom. The molecule has 0 aromatic carbocycles. The fourth-order valence-electron chi connectivity index (χ4n) is 10.7. The van der Waals surface area contributed by atoms with Crippen molar-refractivity contribution in [3.63, 3.8) is 0 Å². The Morgan fingerprint density at radius 2 is 0.567 bits per heavy atom. The average Bonchev–Trinajstić information content (AvgIpc) is 3.73. The third-order valence-electron chi connectivity index (χ3n) is 16.8. The number of aliphatic hydroxyl groups excluding tert-OH is 1. The van der Waals surface area contributed by atoms with Gasteiger partial charge in [-0.2, -0.15) is 0 Å². The van der Waals surface area contributed by atoms with E-state index < -0.39 is 97.5 Å². The Kier molecular flexibility index (Phi) is 61.8. The van der Waals surface area contributed by atoms with E-state index in [-0.39, 0.29) is 25.7 Å². The van der Waals surface area contributed by atoms with Gasteiger partial charge in [-0.25, -0.2) is 9.13 Å². The van der Waals surface area contributed by atoms with Gasteiger partial charge in [0.15, 0.2) is 12.2 Å². The summed E-state index contributed by atoms with van der Waals surface area (Å²) in [4.78, 5) is 72.5. The van der Waals surface area contributed by atoms with Crippen LogP contribution in [0.15, 0.2) is 0 Å². The van der Waals surface area contributed by atoms with Crippen LogP contribution < -0.4 is 0 Å². The second kappa shape index (κ2) is 63.1. The van der Waals surface area contributed by atoms with Gasteiger partial charge in [-0.1, -0.05) is 311 Å². The summed E-state index contributed by atoms with van der Waals surface area (Å²) in [6.07, 6.45) is 48.5. The first kappa shape index (κ1) is 88.1. The van der Waals surface area contributed by atoms with Gasteiger partial charge in [-0.3, -0.25) is 37.3 Å². The van der Waals surface area contributed by atoms with Crippen molar-refractivity contribution in [3.8, 4) is 0 Å². The number of carbonyl (C=O) groups excluding carboxylic acids is 4. The minimum atomic E-state index is -4.95. The molecule has 0 fully saturated rings. The Hall–Kier alpha value is -1.94. The first-order valence-corrected chi connectivity index (χ1v) is 40.0. The zero-order valence-corrected chi connectivity index (χ0v) is 60.2. The molecule has 3 N–H and O–H groups in total. The van der Waals surface area contributed by atoms with Crippen LogP contribution in [-0.4, -0.2) is 96.7 Å². The number of esters is 4. The summed E-state index contributed by atoms with van der Waals surface area (Å²) in [6.45, 7) is 9.54. The number of rotatable bonds is 70. The fourth-order valence-corrected chi connectivity index (χ4v) is 12.3. The highest BCUT2D eigenvalue weighted by Gasteiger charge is 2.30. The van der Waals surface area contributed by atoms with Gasteiger partial charge in [0.1, 0.15) is 19.3 Å². The van der Waals surface area contributed by atoms with E-state index in [1.54, 1.807) is 0 Å². The van der Waals surface area contributed by atoms with Gasteiger partial charge in [-0.15, -0.1) is 0 Å². The van der Waals surface area contributed by atoms with Crippen LogP contribution in [0.25, 0.3) is 0 Å². The molecule has 0 aromatic heterocycles. The lowest BCUT2D eigenvalue weighted by molar-refractivity contribution is -0.161. The largest absolute Gasteiger partial charge is 0.472 e. The molecule has 0 aromatic rings. The Bertz CT molecular complexity index is 1750. The molecular formula is C71H138O17P2. The lowest BCUT2D eigenvalue weighted by atomic mass is 9.99. The molecule has 0 saturated heterocycles. The topological polar surface area (TPSA) is 237 Å². The third kappa shape index (κ3) is 63.5. The van der Waals surface area contributed by atoms with E-state index in [1.165, 1.54) is 173 Å². The van der Waals surface area contributed by atoms with Gasteiger partial charge in [-0.05, 0) is 37.5 Å². The summed E-state index contributed by atoms with van der Waals surface area (Å²) < 4.78 is 68.3. The van der Waals surface area contributed by atoms with Crippen molar-refractivity contribution >= 4 is 39.5 Å². The highest BCUT2D eigenvalue weighted by molar-refractivity contribution is 7.47. The molecule has 3 unspecified atom stereocenters. The number of ether oxygens (including phenoxy) is 4. The quantitative estimate of drug-likeness (QED) is 0.0222. The van der Waals surface area contributed by atoms with Gasteiger partial charge >= 0.3 is 39.5 Å². The van der Waals surface area contributed by atoms with Crippen molar-refractivity contribution in [1.29, 1.82) is 0 Å². The van der Waals surface area contributed by atoms with E-state index in [9.17, 15) is 43.2 Å². The van der Waals surface area contributed by atoms with Gasteiger partial charge in [0.2, 0.25) is 0 Å². The fraction of sp³-hybridized carbons (Fsp3) is 0.944. The molecule has 90 heavy (non-hydrogen) atoms. The molecule has 6 atom stereocenters. The lowest BCUT2D eigenvalue weighted by Gasteiger charge is -2.21. The van der Waals surface area contributed by atoms with Crippen molar-refractivity contribution in [3.05, 3.63) is 0 Å². The number of unbranched alkanes of at least 4 members (excludes halogenated alkanes) is 39. The van der Waals surface area contributed by atoms with E-state index in [1.807, 2.05) is 0 Å². The SMILES string of the molecule is CCCCCCCCCCCCCCCCCCC(=O)O[C@H](COC(=O)CCCCCCCCCCCCC(C)CC)COP(=O)(O)OC[C@@H](O)COP(=O)(O)OC[C@@H](COC(=O)CCCCCCCCCC)OC(=O)CCCCCCCCCCCC(C)C. The highest BCUT2D eigenvalue weighted by atomic mass is 31.2. The zero-order chi connectivity index (χ0) is 66.5. The molecule has 0 heterocycles. The van der Waals surface area contributed by atoms with Crippen molar-refractivity contribution in [1.82, 2.24) is 0 Å². The molecule has 0 aliphatic heterocycles. The van der Waals surface area contributed by atoms with E-state index in [4.69, 9.17) is 37.0 Å². The third-order valence-corrected chi connectivity index (χ3v) is 18.7. The molecule has 0 aliphatic carbocycles. The molecule has 0 amide bonds. The van der Waals surface area contributed by atoms with E-state index in [2.05, 4.69) is 41.5 Å². The lowest BCUT2D eigenvalue weighted by Crippen LogP contribution is -2.30. The van der Waals surface area contributed by atoms with Gasteiger partial charge in [0.05, 0.1) is 26.4 Å². The molecule has 0 spiro atoms. The van der Waals surface area contributed by atoms with E-state index in [0.29, 0.717) is 25.7 Å². The number of hydrogen-bond donors (Lipinski definition) is 3. The molecular weight excluding hydrogens is 1190 g/mol. The number of hydrogen-bond acceptors (Lipinski definition) is 15. The van der Waals surface area contributed by atoms with Crippen LogP contribution in [0.3, 0.4) is 0 Å². The monoisotopic (exact) mass is 1320 g/mol. The van der Waals surface area contributed by atoms with Crippen molar-refractivity contribution in [2.24, 2.45) is 11.8 Å². The summed E-state index contributed by atoms with van der Waals surface area (Å²) in [5, 5.41) is 10.6. The zero-order valence-electron chi connectivity index (χ0n) is 58.4. The summed E-state index contributed by atoms with van der Waals surface area (Å²) >= 11 is 0. The van der Waals surface area contributed by atoms with Crippen molar-refractivity contribution < 1.29 is 80.2 Å². The Morgan fingerprint density at radius 3 is 0.844 bits per heavy atom. The highest BCUT2D eigenvalue weighted by Crippen LogP contribution is 2.45. The van der Waals surface area contributed by atoms with Crippen LogP contribution in [0.2, 0.25) is 0 Å². The van der Waals surface area contributed by atoms with Crippen LogP contribution in [0.1, 0.15) is 363 Å². The van der Waals surface area contributed by atoms with Crippen LogP contribution in [0, 0.1) is 11.8 Å². The maximum absolute atomic E-state index is 13.0. The van der Waals surface area contributed by atoms with Crippen LogP contribution in [0.4, 0.5) is 0 Å². The first-order chi connectivity index (χ1) is 43.4. The van der Waals surface area contributed by atoms with Gasteiger partial charge < -0.3 is 33.8 Å². The number of aliphatic hydroxyl groups is 1. The normalized spacial score (nSPS) is 14.4. The summed E-state index contributed by atoms with van der Waals surface area (Å²) in [5.74, 6) is -0.578. The number of carbonyl (C=O) groups is 4. The smallest absolute Gasteiger partial charge is 0.462 e. The van der Waals surface area contributed by atoms with Crippen molar-refractivity contribution in [2.75, 3.05) is 39.6 Å². The standard InChI is InChI=1S/C71H138O17P2/c1-7-10-12-14-16-18-19-20-21-22-23-24-31-37-43-49-55-70(75)87-67(60-82-69(74)54-48-42-36-30-26-25-29-34-40-46-52-64(6)9-3)62-86-90(79,80)84-58-65(72)57-83-89(77,78)85-61-66(59-81-68(73)53-47-41-35-17-15-13-11-8-2)88-71(76)56-50-44-38-32-27-28-33-39-45-51-63(4)5/h63-67,72H,7-62H2,1-6H3,(H,77,78)(H,79,80)/t64?,65-,66+,67+/m0/s1. The Labute approximate surface area is 549 Å². The van der Waals surface area contributed by atoms with Crippen LogP contribution in [0.5, 0.6) is 0 Å². The molecule has 0 saturated carbocycles. The minimum absolute atomic E-state index is 0.105. The van der Waals surface area contributed by atoms with Crippen LogP contribution >= 0.6 is 15.6 Å². The predicted molar refractivity (Wildman–Crippen MR) is 363 cm³/mol. The molecule has 0 radical (unpaired) electrons. The van der Waals surface area contributed by atoms with Crippen molar-refractivity contribution in [2.45, 2.75) is 381 Å². The molecule has 17 nitrogen and oxygen atoms in total. The van der Waals surface area contributed by atoms with E-state index >= 15 is 0 Å². The summed E-state index contributed by atoms with van der Waals surface area (Å²) in [5.41, 5.74) is 0. The second-order valence-electron chi connectivity index (χ2n) is 26.3. The van der Waals surface area contributed by atoms with Crippen LogP contribution in [-0.2, 0) is 65.4 Å². The molecule has 19 heteroatoms. The predicted octanol–water partition coefficient (Wildman–Crippen LogP) is 20.4. The molecule has 0 bridgehead atoms. The molecule has 534 valence electrons. The number of phosphoric ester groups is 2. The Balaban J connectivity index is 5.23. The maximum Gasteiger partial charge on any atom is 0.472 e. The molecule has 0 aliphatic rings. The van der Waals surface area contributed by atoms with Gasteiger partial charge in [0.25, 0.3) is 0 Å². The number of phosphoric acid groups is 2. The summed E-state index contributed by atoms with van der Waals surface area (Å²) in [7, 11) is -9.90. The maximum atomic E-state index is 13.0. The average molecular weight is 1330 g/mol.